The van der Waals surface area contributed by atoms with Gasteiger partial charge in [-0.3, -0.25) is 9.59 Å². The number of thioether (sulfide) groups is 1. The van der Waals surface area contributed by atoms with Crippen LogP contribution in [0.1, 0.15) is 18.5 Å². The maximum atomic E-state index is 12.7. The van der Waals surface area contributed by atoms with Crippen molar-refractivity contribution in [1.29, 1.82) is 0 Å². The van der Waals surface area contributed by atoms with Crippen molar-refractivity contribution >= 4 is 29.2 Å². The summed E-state index contributed by atoms with van der Waals surface area (Å²) >= 11 is 1.65. The van der Waals surface area contributed by atoms with E-state index < -0.39 is 0 Å². The molecule has 0 aromatic carbocycles. The summed E-state index contributed by atoms with van der Waals surface area (Å²) in [6.07, 6.45) is 6.18. The molecule has 1 atom stereocenters. The number of fused-ring (bicyclic) bond motifs is 1. The van der Waals surface area contributed by atoms with Crippen LogP contribution in [0.5, 0.6) is 0 Å². The van der Waals surface area contributed by atoms with E-state index in [2.05, 4.69) is 4.98 Å². The molecule has 4 rings (SSSR count). The molecule has 0 N–H and O–H groups in total. The number of carbonyl (C=O) groups excluding carboxylic acids is 2. The van der Waals surface area contributed by atoms with E-state index in [9.17, 15) is 9.59 Å². The molecular formula is C17H20N4O2S. The van der Waals surface area contributed by atoms with Crippen LogP contribution in [0.15, 0.2) is 30.6 Å². The zero-order valence-corrected chi connectivity index (χ0v) is 14.2. The maximum Gasteiger partial charge on any atom is 0.246 e. The fourth-order valence-corrected chi connectivity index (χ4v) is 4.54. The van der Waals surface area contributed by atoms with Gasteiger partial charge >= 0.3 is 0 Å². The number of hydrogen-bond donors (Lipinski definition) is 0. The highest BCUT2D eigenvalue weighted by atomic mass is 32.2. The highest BCUT2D eigenvalue weighted by molar-refractivity contribution is 7.99. The molecule has 24 heavy (non-hydrogen) atoms. The van der Waals surface area contributed by atoms with Crippen LogP contribution in [0, 0.1) is 0 Å². The summed E-state index contributed by atoms with van der Waals surface area (Å²) in [5.41, 5.74) is 1.58. The van der Waals surface area contributed by atoms with Crippen LogP contribution in [0.25, 0.3) is 5.65 Å². The first-order chi connectivity index (χ1) is 11.7. The highest BCUT2D eigenvalue weighted by Crippen LogP contribution is 2.25. The van der Waals surface area contributed by atoms with Crippen molar-refractivity contribution in [1.82, 2.24) is 19.2 Å². The normalized spacial score (nSPS) is 20.9. The van der Waals surface area contributed by atoms with Gasteiger partial charge in [-0.25, -0.2) is 4.98 Å². The number of nitrogens with zero attached hydrogens (tertiary/aromatic N) is 4. The molecule has 126 valence electrons. The number of rotatable bonds is 3. The minimum atomic E-state index is -0.308. The fourth-order valence-electron chi connectivity index (χ4n) is 3.37. The molecule has 2 fully saturated rings. The minimum absolute atomic E-state index is 0.0130. The van der Waals surface area contributed by atoms with Gasteiger partial charge in [0.15, 0.2) is 0 Å². The van der Waals surface area contributed by atoms with Crippen molar-refractivity contribution in [3.05, 3.63) is 36.3 Å². The molecule has 0 aliphatic carbocycles. The predicted molar refractivity (Wildman–Crippen MR) is 92.7 cm³/mol. The van der Waals surface area contributed by atoms with E-state index >= 15 is 0 Å². The van der Waals surface area contributed by atoms with E-state index in [1.165, 1.54) is 0 Å². The SMILES string of the molecule is O=C([C@H]1CSCN1C(=O)Cc1cn2ccccc2n1)N1CCCC1. The van der Waals surface area contributed by atoms with E-state index in [4.69, 9.17) is 0 Å². The third-order valence-corrected chi connectivity index (χ3v) is 5.66. The van der Waals surface area contributed by atoms with Gasteiger partial charge in [0.05, 0.1) is 18.0 Å². The van der Waals surface area contributed by atoms with Crippen molar-refractivity contribution in [2.75, 3.05) is 24.7 Å². The van der Waals surface area contributed by atoms with Crippen molar-refractivity contribution in [3.63, 3.8) is 0 Å². The smallest absolute Gasteiger partial charge is 0.246 e. The zero-order chi connectivity index (χ0) is 16.5. The van der Waals surface area contributed by atoms with Gasteiger partial charge in [-0.05, 0) is 25.0 Å². The lowest BCUT2D eigenvalue weighted by Crippen LogP contribution is -2.48. The molecule has 2 aromatic heterocycles. The van der Waals surface area contributed by atoms with E-state index in [1.807, 2.05) is 39.9 Å². The molecule has 7 heteroatoms. The number of likely N-dealkylation sites (tertiary alicyclic amines) is 1. The molecule has 4 heterocycles. The summed E-state index contributed by atoms with van der Waals surface area (Å²) in [6.45, 7) is 1.66. The molecule has 6 nitrogen and oxygen atoms in total. The van der Waals surface area contributed by atoms with Gasteiger partial charge in [-0.15, -0.1) is 11.8 Å². The molecule has 0 unspecified atom stereocenters. The molecule has 0 radical (unpaired) electrons. The Balaban J connectivity index is 1.47. The van der Waals surface area contributed by atoms with Gasteiger partial charge < -0.3 is 14.2 Å². The lowest BCUT2D eigenvalue weighted by atomic mass is 10.2. The second-order valence-electron chi connectivity index (χ2n) is 6.29. The molecule has 2 saturated heterocycles. The van der Waals surface area contributed by atoms with Gasteiger partial charge in [0.1, 0.15) is 11.7 Å². The average molecular weight is 344 g/mol. The molecule has 2 aliphatic heterocycles. The number of pyridine rings is 1. The number of imidazole rings is 1. The molecule has 2 aromatic rings. The van der Waals surface area contributed by atoms with Crippen LogP contribution in [-0.2, 0) is 16.0 Å². The van der Waals surface area contributed by atoms with Crippen LogP contribution >= 0.6 is 11.8 Å². The Hall–Kier alpha value is -2.02. The Labute approximate surface area is 144 Å². The van der Waals surface area contributed by atoms with E-state index in [-0.39, 0.29) is 24.3 Å². The largest absolute Gasteiger partial charge is 0.341 e. The van der Waals surface area contributed by atoms with E-state index in [0.717, 1.165) is 37.3 Å². The van der Waals surface area contributed by atoms with Gasteiger partial charge in [-0.1, -0.05) is 6.07 Å². The summed E-state index contributed by atoms with van der Waals surface area (Å²) in [5.74, 6) is 1.39. The number of hydrogen-bond acceptors (Lipinski definition) is 4. The van der Waals surface area contributed by atoms with Crippen LogP contribution in [0.3, 0.4) is 0 Å². The lowest BCUT2D eigenvalue weighted by molar-refractivity contribution is -0.142. The van der Waals surface area contributed by atoms with E-state index in [1.54, 1.807) is 16.7 Å². The summed E-state index contributed by atoms with van der Waals surface area (Å²) in [5, 5.41) is 0. The Morgan fingerprint density at radius 1 is 1.25 bits per heavy atom. The Morgan fingerprint density at radius 2 is 2.08 bits per heavy atom. The highest BCUT2D eigenvalue weighted by Gasteiger charge is 2.37. The third-order valence-electron chi connectivity index (χ3n) is 4.65. The first kappa shape index (κ1) is 15.5. The second-order valence-corrected chi connectivity index (χ2v) is 7.29. The van der Waals surface area contributed by atoms with Crippen LogP contribution in [0.2, 0.25) is 0 Å². The number of carbonyl (C=O) groups is 2. The molecule has 2 amide bonds. The van der Waals surface area contributed by atoms with Gasteiger partial charge in [0.2, 0.25) is 11.8 Å². The van der Waals surface area contributed by atoms with Gasteiger partial charge in [-0.2, -0.15) is 0 Å². The Bertz CT molecular complexity index is 736. The van der Waals surface area contributed by atoms with E-state index in [0.29, 0.717) is 11.6 Å². The minimum Gasteiger partial charge on any atom is -0.341 e. The molecule has 2 aliphatic rings. The van der Waals surface area contributed by atoms with Crippen LogP contribution < -0.4 is 0 Å². The summed E-state index contributed by atoms with van der Waals surface area (Å²) in [4.78, 5) is 33.5. The summed E-state index contributed by atoms with van der Waals surface area (Å²) in [7, 11) is 0. The summed E-state index contributed by atoms with van der Waals surface area (Å²) < 4.78 is 1.91. The lowest BCUT2D eigenvalue weighted by Gasteiger charge is -2.26. The van der Waals surface area contributed by atoms with Crippen molar-refractivity contribution in [3.8, 4) is 0 Å². The summed E-state index contributed by atoms with van der Waals surface area (Å²) in [6, 6.07) is 5.47. The first-order valence-electron chi connectivity index (χ1n) is 8.31. The quantitative estimate of drug-likeness (QED) is 0.845. The Kier molecular flexibility index (Phi) is 4.18. The molecule has 0 bridgehead atoms. The molecule has 0 spiro atoms. The zero-order valence-electron chi connectivity index (χ0n) is 13.4. The second kappa shape index (κ2) is 6.47. The third kappa shape index (κ3) is 2.88. The van der Waals surface area contributed by atoms with Crippen LogP contribution in [0.4, 0.5) is 0 Å². The average Bonchev–Trinajstić information content (AvgIpc) is 3.32. The first-order valence-corrected chi connectivity index (χ1v) is 9.46. The Morgan fingerprint density at radius 3 is 2.88 bits per heavy atom. The van der Waals surface area contributed by atoms with Gasteiger partial charge in [0, 0.05) is 31.2 Å². The van der Waals surface area contributed by atoms with Crippen molar-refractivity contribution < 1.29 is 9.59 Å². The standard InChI is InChI=1S/C17H20N4O2S/c22-16(9-13-10-20-8-2-1-5-15(20)18-13)21-12-24-11-14(21)17(23)19-6-3-4-7-19/h1-2,5,8,10,14H,3-4,6-7,9,11-12H2/t14-/m1/s1. The predicted octanol–water partition coefficient (Wildman–Crippen LogP) is 1.40. The van der Waals surface area contributed by atoms with Crippen LogP contribution in [-0.4, -0.2) is 61.8 Å². The monoisotopic (exact) mass is 344 g/mol. The van der Waals surface area contributed by atoms with Gasteiger partial charge in [0.25, 0.3) is 0 Å². The molecule has 0 saturated carbocycles. The molecular weight excluding hydrogens is 324 g/mol. The van der Waals surface area contributed by atoms with Crippen molar-refractivity contribution in [2.45, 2.75) is 25.3 Å². The maximum absolute atomic E-state index is 12.7. The topological polar surface area (TPSA) is 57.9 Å². The fraction of sp³-hybridized carbons (Fsp3) is 0.471. The van der Waals surface area contributed by atoms with Crippen molar-refractivity contribution in [2.24, 2.45) is 0 Å². The number of amides is 2. The number of aromatic nitrogens is 2.